The molecule has 1 aromatic carbocycles. The van der Waals surface area contributed by atoms with Crippen molar-refractivity contribution in [3.05, 3.63) is 35.9 Å². The SMILES string of the molecule is C[C@]1(C(=O)O)CC[C@@H](C(=O)OCc2ccccc2)CC1. The number of carbonyl (C=O) groups is 2. The lowest BCUT2D eigenvalue weighted by atomic mass is 9.72. The summed E-state index contributed by atoms with van der Waals surface area (Å²) in [4.78, 5) is 23.1. The lowest BCUT2D eigenvalue weighted by Crippen LogP contribution is -2.35. The predicted octanol–water partition coefficient (Wildman–Crippen LogP) is 3.01. The highest BCUT2D eigenvalue weighted by atomic mass is 16.5. The molecule has 4 nitrogen and oxygen atoms in total. The van der Waals surface area contributed by atoms with Crippen molar-refractivity contribution in [1.82, 2.24) is 0 Å². The Morgan fingerprint density at radius 1 is 1.25 bits per heavy atom. The molecular formula is C16H20O4. The van der Waals surface area contributed by atoms with Gasteiger partial charge in [0.05, 0.1) is 11.3 Å². The van der Waals surface area contributed by atoms with E-state index < -0.39 is 11.4 Å². The van der Waals surface area contributed by atoms with Gasteiger partial charge in [0.2, 0.25) is 0 Å². The summed E-state index contributed by atoms with van der Waals surface area (Å²) in [6.45, 7) is 2.03. The van der Waals surface area contributed by atoms with Crippen molar-refractivity contribution < 1.29 is 19.4 Å². The maximum absolute atomic E-state index is 12.0. The zero-order chi connectivity index (χ0) is 14.6. The zero-order valence-corrected chi connectivity index (χ0v) is 11.7. The molecule has 1 aliphatic rings. The Hall–Kier alpha value is -1.84. The van der Waals surface area contributed by atoms with Gasteiger partial charge in [-0.3, -0.25) is 9.59 Å². The molecule has 0 amide bonds. The molecule has 20 heavy (non-hydrogen) atoms. The van der Waals surface area contributed by atoms with Crippen molar-refractivity contribution in [3.63, 3.8) is 0 Å². The summed E-state index contributed by atoms with van der Waals surface area (Å²) in [6, 6.07) is 9.55. The molecule has 0 saturated heterocycles. The molecule has 108 valence electrons. The van der Waals surface area contributed by atoms with Gasteiger partial charge in [0.25, 0.3) is 0 Å². The average Bonchev–Trinajstić information content (AvgIpc) is 2.46. The van der Waals surface area contributed by atoms with E-state index in [1.165, 1.54) is 0 Å². The van der Waals surface area contributed by atoms with Crippen LogP contribution in [0.5, 0.6) is 0 Å². The molecule has 2 rings (SSSR count). The lowest BCUT2D eigenvalue weighted by Gasteiger charge is -2.32. The van der Waals surface area contributed by atoms with Crippen LogP contribution in [0.1, 0.15) is 38.2 Å². The summed E-state index contributed by atoms with van der Waals surface area (Å²) in [6.07, 6.45) is 2.26. The monoisotopic (exact) mass is 276 g/mol. The predicted molar refractivity (Wildman–Crippen MR) is 73.9 cm³/mol. The maximum atomic E-state index is 12.0. The highest BCUT2D eigenvalue weighted by Crippen LogP contribution is 2.39. The fraction of sp³-hybridized carbons (Fsp3) is 0.500. The molecule has 1 fully saturated rings. The van der Waals surface area contributed by atoms with Gasteiger partial charge in [-0.15, -0.1) is 0 Å². The van der Waals surface area contributed by atoms with Crippen LogP contribution in [0, 0.1) is 11.3 Å². The van der Waals surface area contributed by atoms with Gasteiger partial charge in [-0.25, -0.2) is 0 Å². The molecule has 0 bridgehead atoms. The van der Waals surface area contributed by atoms with E-state index in [-0.39, 0.29) is 18.5 Å². The van der Waals surface area contributed by atoms with E-state index in [1.54, 1.807) is 6.92 Å². The first-order chi connectivity index (χ1) is 9.51. The Morgan fingerprint density at radius 2 is 1.85 bits per heavy atom. The number of carboxylic acids is 1. The molecule has 0 spiro atoms. The molecule has 1 N–H and O–H groups in total. The molecule has 0 unspecified atom stereocenters. The van der Waals surface area contributed by atoms with Crippen molar-refractivity contribution in [2.45, 2.75) is 39.2 Å². The Bertz CT molecular complexity index is 473. The molecule has 0 radical (unpaired) electrons. The third-order valence-corrected chi connectivity index (χ3v) is 4.16. The number of hydrogen-bond acceptors (Lipinski definition) is 3. The zero-order valence-electron chi connectivity index (χ0n) is 11.7. The maximum Gasteiger partial charge on any atom is 0.309 e. The Kier molecular flexibility index (Phi) is 4.42. The van der Waals surface area contributed by atoms with Gasteiger partial charge >= 0.3 is 11.9 Å². The quantitative estimate of drug-likeness (QED) is 0.859. The van der Waals surface area contributed by atoms with Gasteiger partial charge in [-0.05, 0) is 38.2 Å². The average molecular weight is 276 g/mol. The smallest absolute Gasteiger partial charge is 0.309 e. The Balaban J connectivity index is 1.82. The van der Waals surface area contributed by atoms with Crippen LogP contribution in [0.15, 0.2) is 30.3 Å². The van der Waals surface area contributed by atoms with Gasteiger partial charge < -0.3 is 9.84 Å². The van der Waals surface area contributed by atoms with E-state index in [0.717, 1.165) is 5.56 Å². The second kappa shape index (κ2) is 6.07. The van der Waals surface area contributed by atoms with Crippen molar-refractivity contribution in [2.24, 2.45) is 11.3 Å². The second-order valence-electron chi connectivity index (χ2n) is 5.73. The number of aliphatic carboxylic acids is 1. The van der Waals surface area contributed by atoms with E-state index in [4.69, 9.17) is 9.84 Å². The first kappa shape index (κ1) is 14.6. The van der Waals surface area contributed by atoms with Gasteiger partial charge in [0.15, 0.2) is 0 Å². The van der Waals surface area contributed by atoms with Crippen molar-refractivity contribution in [2.75, 3.05) is 0 Å². The van der Waals surface area contributed by atoms with Crippen LogP contribution in [0.2, 0.25) is 0 Å². The Morgan fingerprint density at radius 3 is 2.40 bits per heavy atom. The summed E-state index contributed by atoms with van der Waals surface area (Å²) in [5.41, 5.74) is 0.281. The summed E-state index contributed by atoms with van der Waals surface area (Å²) in [5.74, 6) is -1.14. The normalized spacial score (nSPS) is 25.9. The van der Waals surface area contributed by atoms with Gasteiger partial charge in [-0.1, -0.05) is 30.3 Å². The van der Waals surface area contributed by atoms with Crippen LogP contribution in [0.4, 0.5) is 0 Å². The third-order valence-electron chi connectivity index (χ3n) is 4.16. The van der Waals surface area contributed by atoms with E-state index in [0.29, 0.717) is 25.7 Å². The van der Waals surface area contributed by atoms with Crippen molar-refractivity contribution in [1.29, 1.82) is 0 Å². The van der Waals surface area contributed by atoms with Crippen LogP contribution in [-0.2, 0) is 20.9 Å². The van der Waals surface area contributed by atoms with Crippen LogP contribution in [-0.4, -0.2) is 17.0 Å². The minimum absolute atomic E-state index is 0.161. The molecule has 0 aromatic heterocycles. The van der Waals surface area contributed by atoms with E-state index in [2.05, 4.69) is 0 Å². The minimum atomic E-state index is -0.770. The number of hydrogen-bond donors (Lipinski definition) is 1. The summed E-state index contributed by atoms with van der Waals surface area (Å²) in [5, 5.41) is 9.16. The number of benzene rings is 1. The fourth-order valence-corrected chi connectivity index (χ4v) is 2.55. The molecule has 1 saturated carbocycles. The molecule has 4 heteroatoms. The van der Waals surface area contributed by atoms with Crippen LogP contribution < -0.4 is 0 Å². The number of esters is 1. The van der Waals surface area contributed by atoms with Crippen molar-refractivity contribution >= 4 is 11.9 Å². The number of carbonyl (C=O) groups excluding carboxylic acids is 1. The minimum Gasteiger partial charge on any atom is -0.481 e. The summed E-state index contributed by atoms with van der Waals surface area (Å²) < 4.78 is 5.31. The van der Waals surface area contributed by atoms with Crippen molar-refractivity contribution in [3.8, 4) is 0 Å². The second-order valence-corrected chi connectivity index (χ2v) is 5.73. The van der Waals surface area contributed by atoms with Gasteiger partial charge in [0, 0.05) is 0 Å². The fourth-order valence-electron chi connectivity index (χ4n) is 2.55. The highest BCUT2D eigenvalue weighted by Gasteiger charge is 2.39. The van der Waals surface area contributed by atoms with Crippen LogP contribution in [0.3, 0.4) is 0 Å². The molecule has 0 heterocycles. The highest BCUT2D eigenvalue weighted by molar-refractivity contribution is 5.76. The standard InChI is InChI=1S/C16H20O4/c1-16(15(18)19)9-7-13(8-10-16)14(17)20-11-12-5-3-2-4-6-12/h2-6,13H,7-11H2,1H3,(H,18,19)/t13-,16+. The van der Waals surface area contributed by atoms with Gasteiger partial charge in [-0.2, -0.15) is 0 Å². The molecular weight excluding hydrogens is 256 g/mol. The van der Waals surface area contributed by atoms with E-state index >= 15 is 0 Å². The number of carboxylic acid groups (broad SMARTS) is 1. The first-order valence-corrected chi connectivity index (χ1v) is 6.95. The van der Waals surface area contributed by atoms with Gasteiger partial charge in [0.1, 0.15) is 6.61 Å². The van der Waals surface area contributed by atoms with Crippen LogP contribution >= 0.6 is 0 Å². The molecule has 1 aromatic rings. The summed E-state index contributed by atoms with van der Waals surface area (Å²) in [7, 11) is 0. The topological polar surface area (TPSA) is 63.6 Å². The first-order valence-electron chi connectivity index (χ1n) is 6.95. The molecule has 0 aliphatic heterocycles. The molecule has 1 aliphatic carbocycles. The number of rotatable bonds is 4. The van der Waals surface area contributed by atoms with E-state index in [1.807, 2.05) is 30.3 Å². The summed E-state index contributed by atoms with van der Waals surface area (Å²) >= 11 is 0. The Labute approximate surface area is 118 Å². The van der Waals surface area contributed by atoms with E-state index in [9.17, 15) is 9.59 Å². The number of ether oxygens (including phenoxy) is 1. The largest absolute Gasteiger partial charge is 0.481 e. The van der Waals surface area contributed by atoms with Crippen LogP contribution in [0.25, 0.3) is 0 Å². The lowest BCUT2D eigenvalue weighted by molar-refractivity contribution is -0.157. The molecule has 0 atom stereocenters. The third kappa shape index (κ3) is 3.38.